The summed E-state index contributed by atoms with van der Waals surface area (Å²) in [5.74, 6) is 2.25. The first-order valence-corrected chi connectivity index (χ1v) is 7.53. The number of hydrogen-bond donors (Lipinski definition) is 1. The first-order valence-electron chi connectivity index (χ1n) is 7.53. The molecule has 0 radical (unpaired) electrons. The number of aromatic nitrogens is 2. The molecule has 6 heteroatoms. The summed E-state index contributed by atoms with van der Waals surface area (Å²) in [6, 6.07) is 0.354. The maximum atomic E-state index is 12.1. The first kappa shape index (κ1) is 13.5. The van der Waals surface area contributed by atoms with E-state index in [0.29, 0.717) is 30.7 Å². The third-order valence-electron chi connectivity index (χ3n) is 4.18. The van der Waals surface area contributed by atoms with Crippen LogP contribution in [0, 0.1) is 0 Å². The van der Waals surface area contributed by atoms with Gasteiger partial charge < -0.3 is 14.7 Å². The van der Waals surface area contributed by atoms with Crippen LogP contribution in [-0.4, -0.2) is 47.1 Å². The van der Waals surface area contributed by atoms with Crippen LogP contribution in [0.2, 0.25) is 0 Å². The van der Waals surface area contributed by atoms with Crippen LogP contribution >= 0.6 is 0 Å². The summed E-state index contributed by atoms with van der Waals surface area (Å²) in [7, 11) is 1.90. The van der Waals surface area contributed by atoms with Crippen molar-refractivity contribution in [2.24, 2.45) is 0 Å². The molecule has 6 nitrogen and oxygen atoms in total. The second-order valence-electron chi connectivity index (χ2n) is 5.83. The van der Waals surface area contributed by atoms with Gasteiger partial charge in [0.05, 0.1) is 0 Å². The molecule has 1 aromatic rings. The molecule has 0 bridgehead atoms. The molecule has 1 unspecified atom stereocenters. The van der Waals surface area contributed by atoms with Crippen molar-refractivity contribution in [1.29, 1.82) is 0 Å². The normalized spacial score (nSPS) is 22.1. The summed E-state index contributed by atoms with van der Waals surface area (Å²) in [6.07, 6.45) is 5.43. The molecular weight excluding hydrogens is 256 g/mol. The smallest absolute Gasteiger partial charge is 0.226 e. The Kier molecular flexibility index (Phi) is 4.00. The van der Waals surface area contributed by atoms with Crippen molar-refractivity contribution >= 4 is 5.91 Å². The van der Waals surface area contributed by atoms with Gasteiger partial charge in [-0.15, -0.1) is 0 Å². The first-order chi connectivity index (χ1) is 9.74. The minimum absolute atomic E-state index is 0.209. The lowest BCUT2D eigenvalue weighted by Crippen LogP contribution is -2.38. The van der Waals surface area contributed by atoms with Crippen LogP contribution < -0.4 is 5.32 Å². The van der Waals surface area contributed by atoms with E-state index >= 15 is 0 Å². The summed E-state index contributed by atoms with van der Waals surface area (Å²) in [6.45, 7) is 1.92. The molecule has 1 atom stereocenters. The van der Waals surface area contributed by atoms with Crippen molar-refractivity contribution in [2.75, 3.05) is 20.1 Å². The van der Waals surface area contributed by atoms with Crippen molar-refractivity contribution in [3.8, 4) is 0 Å². The number of carbonyl (C=O) groups excluding carboxylic acids is 1. The Balaban J connectivity index is 1.40. The van der Waals surface area contributed by atoms with E-state index in [1.807, 2.05) is 11.9 Å². The largest absolute Gasteiger partial charge is 0.341 e. The molecule has 1 N–H and O–H groups in total. The summed E-state index contributed by atoms with van der Waals surface area (Å²) in [4.78, 5) is 18.3. The molecule has 110 valence electrons. The fourth-order valence-corrected chi connectivity index (χ4v) is 2.62. The average Bonchev–Trinajstić information content (AvgIpc) is 2.98. The van der Waals surface area contributed by atoms with Crippen LogP contribution in [0.4, 0.5) is 0 Å². The highest BCUT2D eigenvalue weighted by molar-refractivity contribution is 5.76. The lowest BCUT2D eigenvalue weighted by atomic mass is 10.2. The molecular formula is C14H22N4O2. The Morgan fingerprint density at radius 1 is 1.45 bits per heavy atom. The third-order valence-corrected chi connectivity index (χ3v) is 4.18. The monoisotopic (exact) mass is 278 g/mol. The van der Waals surface area contributed by atoms with Crippen molar-refractivity contribution < 1.29 is 9.32 Å². The number of nitrogens with zero attached hydrogens (tertiary/aromatic N) is 3. The van der Waals surface area contributed by atoms with Gasteiger partial charge >= 0.3 is 0 Å². The fourth-order valence-electron chi connectivity index (χ4n) is 2.62. The highest BCUT2D eigenvalue weighted by Crippen LogP contribution is 2.38. The van der Waals surface area contributed by atoms with Gasteiger partial charge in [-0.25, -0.2) is 0 Å². The molecule has 1 amide bonds. The molecule has 1 aliphatic carbocycles. The predicted octanol–water partition coefficient (Wildman–Crippen LogP) is 1.09. The number of carbonyl (C=O) groups is 1. The Morgan fingerprint density at radius 2 is 2.30 bits per heavy atom. The molecule has 0 aromatic carbocycles. The third kappa shape index (κ3) is 3.17. The topological polar surface area (TPSA) is 71.3 Å². The molecule has 1 saturated carbocycles. The molecule has 0 spiro atoms. The Labute approximate surface area is 118 Å². The van der Waals surface area contributed by atoms with Gasteiger partial charge in [0.15, 0.2) is 5.82 Å². The van der Waals surface area contributed by atoms with Gasteiger partial charge in [-0.1, -0.05) is 5.16 Å². The minimum atomic E-state index is 0.209. The van der Waals surface area contributed by atoms with E-state index in [1.54, 1.807) is 0 Å². The van der Waals surface area contributed by atoms with E-state index in [1.165, 1.54) is 12.8 Å². The molecule has 1 aromatic heterocycles. The molecule has 2 fully saturated rings. The maximum absolute atomic E-state index is 12.1. The predicted molar refractivity (Wildman–Crippen MR) is 73.3 cm³/mol. The lowest BCUT2D eigenvalue weighted by molar-refractivity contribution is -0.131. The van der Waals surface area contributed by atoms with Gasteiger partial charge in [0.25, 0.3) is 0 Å². The molecule has 1 aliphatic heterocycles. The highest BCUT2D eigenvalue weighted by atomic mass is 16.5. The zero-order valence-corrected chi connectivity index (χ0v) is 12.0. The van der Waals surface area contributed by atoms with E-state index in [2.05, 4.69) is 15.5 Å². The van der Waals surface area contributed by atoms with Gasteiger partial charge in [0, 0.05) is 38.4 Å². The van der Waals surface area contributed by atoms with E-state index < -0.39 is 0 Å². The van der Waals surface area contributed by atoms with Crippen LogP contribution in [0.5, 0.6) is 0 Å². The van der Waals surface area contributed by atoms with Gasteiger partial charge in [0.1, 0.15) is 0 Å². The van der Waals surface area contributed by atoms with E-state index in [-0.39, 0.29) is 5.91 Å². The molecule has 1 saturated heterocycles. The Morgan fingerprint density at radius 3 is 3.00 bits per heavy atom. The number of aryl methyl sites for hydroxylation is 1. The maximum Gasteiger partial charge on any atom is 0.226 e. The Hall–Kier alpha value is -1.43. The minimum Gasteiger partial charge on any atom is -0.341 e. The summed E-state index contributed by atoms with van der Waals surface area (Å²) >= 11 is 0. The highest BCUT2D eigenvalue weighted by Gasteiger charge is 2.28. The zero-order chi connectivity index (χ0) is 13.9. The SMILES string of the molecule is CN(C(=O)CCCc1nc(C2CC2)no1)C1CCNC1. The fraction of sp³-hybridized carbons (Fsp3) is 0.786. The standard InChI is InChI=1S/C14H22N4O2/c1-18(11-7-8-15-9-11)13(19)4-2-3-12-16-14(17-20-12)10-5-6-10/h10-11,15H,2-9H2,1H3. The van der Waals surface area contributed by atoms with Crippen LogP contribution in [-0.2, 0) is 11.2 Å². The molecule has 20 heavy (non-hydrogen) atoms. The van der Waals surface area contributed by atoms with Crippen molar-refractivity contribution in [1.82, 2.24) is 20.4 Å². The van der Waals surface area contributed by atoms with Gasteiger partial charge in [-0.3, -0.25) is 4.79 Å². The quantitative estimate of drug-likeness (QED) is 0.843. The van der Waals surface area contributed by atoms with Crippen molar-refractivity contribution in [2.45, 2.75) is 50.5 Å². The van der Waals surface area contributed by atoms with Crippen molar-refractivity contribution in [3.05, 3.63) is 11.7 Å². The summed E-state index contributed by atoms with van der Waals surface area (Å²) in [5, 5.41) is 7.27. The van der Waals surface area contributed by atoms with E-state index in [4.69, 9.17) is 4.52 Å². The molecule has 2 heterocycles. The van der Waals surface area contributed by atoms with Crippen LogP contribution in [0.15, 0.2) is 4.52 Å². The second kappa shape index (κ2) is 5.91. The zero-order valence-electron chi connectivity index (χ0n) is 12.0. The van der Waals surface area contributed by atoms with Gasteiger partial charge in [0.2, 0.25) is 11.8 Å². The number of nitrogens with one attached hydrogen (secondary N) is 1. The van der Waals surface area contributed by atoms with Gasteiger partial charge in [-0.2, -0.15) is 4.98 Å². The summed E-state index contributed by atoms with van der Waals surface area (Å²) < 4.78 is 5.21. The number of likely N-dealkylation sites (N-methyl/N-ethyl adjacent to an activating group) is 1. The number of hydrogen-bond acceptors (Lipinski definition) is 5. The Bertz CT molecular complexity index is 463. The van der Waals surface area contributed by atoms with Gasteiger partial charge in [-0.05, 0) is 32.2 Å². The number of rotatable bonds is 6. The molecule has 2 aliphatic rings. The van der Waals surface area contributed by atoms with Crippen LogP contribution in [0.1, 0.15) is 49.7 Å². The summed E-state index contributed by atoms with van der Waals surface area (Å²) in [5.41, 5.74) is 0. The average molecular weight is 278 g/mol. The molecule has 3 rings (SSSR count). The van der Waals surface area contributed by atoms with Crippen molar-refractivity contribution in [3.63, 3.8) is 0 Å². The van der Waals surface area contributed by atoms with E-state index in [0.717, 1.165) is 31.8 Å². The number of amides is 1. The van der Waals surface area contributed by atoms with Crippen LogP contribution in [0.25, 0.3) is 0 Å². The van der Waals surface area contributed by atoms with E-state index in [9.17, 15) is 4.79 Å². The second-order valence-corrected chi connectivity index (χ2v) is 5.83. The lowest BCUT2D eigenvalue weighted by Gasteiger charge is -2.23. The van der Waals surface area contributed by atoms with Crippen LogP contribution in [0.3, 0.4) is 0 Å².